The predicted octanol–water partition coefficient (Wildman–Crippen LogP) is 7.88. The zero-order valence-electron chi connectivity index (χ0n) is 20.1. The first-order valence-electron chi connectivity index (χ1n) is 11.9. The summed E-state index contributed by atoms with van der Waals surface area (Å²) in [6.45, 7) is 1.12. The molecule has 0 N–H and O–H groups in total. The molecule has 0 spiro atoms. The smallest absolute Gasteiger partial charge is 0.387 e. The first kappa shape index (κ1) is 28.5. The molecule has 2 aliphatic rings. The van der Waals surface area contributed by atoms with Crippen LogP contribution in [0, 0.1) is 0 Å². The van der Waals surface area contributed by atoms with Gasteiger partial charge in [0, 0.05) is 52.6 Å². The van der Waals surface area contributed by atoms with E-state index in [9.17, 15) is 18.0 Å². The molecule has 1 saturated heterocycles. The quantitative estimate of drug-likeness (QED) is 0.258. The minimum Gasteiger partial charge on any atom is -0.387 e. The van der Waals surface area contributed by atoms with Crippen LogP contribution in [0.1, 0.15) is 53.1 Å². The summed E-state index contributed by atoms with van der Waals surface area (Å²) in [6, 6.07) is 6.13. The minimum absolute atomic E-state index is 0.0423. The highest BCUT2D eigenvalue weighted by Gasteiger charge is 2.33. The van der Waals surface area contributed by atoms with E-state index in [1.807, 2.05) is 5.38 Å². The van der Waals surface area contributed by atoms with Crippen LogP contribution in [0.15, 0.2) is 46.0 Å². The third-order valence-corrected chi connectivity index (χ3v) is 9.53. The lowest BCUT2D eigenvalue weighted by molar-refractivity contribution is -0.138. The van der Waals surface area contributed by atoms with Crippen LogP contribution in [0.3, 0.4) is 0 Å². The molecule has 2 aromatic heterocycles. The van der Waals surface area contributed by atoms with E-state index < -0.39 is 11.7 Å². The number of oxime groups is 1. The van der Waals surface area contributed by atoms with Gasteiger partial charge in [-0.25, -0.2) is 9.97 Å². The molecule has 1 fully saturated rings. The Morgan fingerprint density at radius 3 is 2.54 bits per heavy atom. The van der Waals surface area contributed by atoms with Crippen LogP contribution < -0.4 is 0 Å². The van der Waals surface area contributed by atoms with Crippen molar-refractivity contribution in [2.24, 2.45) is 5.16 Å². The van der Waals surface area contributed by atoms with Crippen molar-refractivity contribution in [2.75, 3.05) is 18.8 Å². The molecular weight excluding hydrogens is 616 g/mol. The van der Waals surface area contributed by atoms with E-state index in [2.05, 4.69) is 10.1 Å². The van der Waals surface area contributed by atoms with Gasteiger partial charge in [-0.05, 0) is 31.0 Å². The average molecular weight is 636 g/mol. The first-order chi connectivity index (χ1) is 18.6. The number of hydrogen-bond acceptors (Lipinski definition) is 7. The van der Waals surface area contributed by atoms with Crippen molar-refractivity contribution < 1.29 is 22.8 Å². The number of alkyl halides is 3. The fraction of sp³-hybridized carbons (Fsp3) is 0.360. The van der Waals surface area contributed by atoms with E-state index in [1.54, 1.807) is 34.4 Å². The molecule has 1 amide bonds. The number of hydrogen-bond donors (Lipinski definition) is 0. The number of benzene rings is 1. The number of thioether (sulfide) groups is 1. The summed E-state index contributed by atoms with van der Waals surface area (Å²) in [5.41, 5.74) is 1.28. The van der Waals surface area contributed by atoms with E-state index in [4.69, 9.17) is 44.6 Å². The molecule has 1 aromatic carbocycles. The number of amides is 1. The van der Waals surface area contributed by atoms with E-state index in [1.165, 1.54) is 0 Å². The van der Waals surface area contributed by atoms with E-state index in [0.717, 1.165) is 53.3 Å². The summed E-state index contributed by atoms with van der Waals surface area (Å²) in [7, 11) is 0. The molecule has 2 aliphatic heterocycles. The number of carbonyl (C=O) groups is 1. The third-order valence-electron chi connectivity index (χ3n) is 6.47. The fourth-order valence-corrected chi connectivity index (χ4v) is 7.13. The molecule has 0 radical (unpaired) electrons. The van der Waals surface area contributed by atoms with Crippen molar-refractivity contribution in [1.29, 1.82) is 0 Å². The second kappa shape index (κ2) is 11.8. The minimum atomic E-state index is -4.52. The van der Waals surface area contributed by atoms with Gasteiger partial charge in [0.2, 0.25) is 5.91 Å². The van der Waals surface area contributed by atoms with Gasteiger partial charge in [-0.3, -0.25) is 4.79 Å². The number of likely N-dealkylation sites (tertiary alicyclic amines) is 1. The van der Waals surface area contributed by atoms with Gasteiger partial charge < -0.3 is 9.74 Å². The molecule has 0 saturated carbocycles. The Morgan fingerprint density at radius 2 is 1.87 bits per heavy atom. The van der Waals surface area contributed by atoms with Crippen molar-refractivity contribution in [1.82, 2.24) is 14.9 Å². The van der Waals surface area contributed by atoms with Crippen molar-refractivity contribution in [2.45, 2.75) is 42.5 Å². The first-order valence-corrected chi connectivity index (χ1v) is 14.9. The number of halogens is 6. The number of carbonyl (C=O) groups excluding carboxylic acids is 1. The van der Waals surface area contributed by atoms with E-state index in [-0.39, 0.29) is 33.7 Å². The SMILES string of the molecule is O=C(CSc1ncc(C(F)(F)F)cc1Cl)N1CCC(c2nc(C3=NOC(c4c(Cl)cccc4Cl)C3)cs2)CC1. The van der Waals surface area contributed by atoms with Gasteiger partial charge in [-0.15, -0.1) is 11.3 Å². The Bertz CT molecular complexity index is 1390. The lowest BCUT2D eigenvalue weighted by Gasteiger charge is -2.31. The van der Waals surface area contributed by atoms with Gasteiger partial charge >= 0.3 is 6.18 Å². The molecule has 206 valence electrons. The van der Waals surface area contributed by atoms with Crippen LogP contribution in [-0.4, -0.2) is 45.3 Å². The number of nitrogens with zero attached hydrogens (tertiary/aromatic N) is 4. The number of piperidine rings is 1. The van der Waals surface area contributed by atoms with Crippen LogP contribution in [0.25, 0.3) is 0 Å². The summed E-state index contributed by atoms with van der Waals surface area (Å²) in [4.78, 5) is 28.7. The molecule has 1 unspecified atom stereocenters. The highest BCUT2D eigenvalue weighted by atomic mass is 35.5. The molecular formula is C25H20Cl3F3N4O2S2. The highest BCUT2D eigenvalue weighted by molar-refractivity contribution is 8.00. The molecule has 1 atom stereocenters. The van der Waals surface area contributed by atoms with Crippen LogP contribution >= 0.6 is 57.9 Å². The van der Waals surface area contributed by atoms with Crippen LogP contribution in [0.4, 0.5) is 13.2 Å². The zero-order valence-corrected chi connectivity index (χ0v) is 24.0. The maximum Gasteiger partial charge on any atom is 0.417 e. The van der Waals surface area contributed by atoms with Gasteiger partial charge in [0.05, 0.1) is 27.0 Å². The molecule has 39 heavy (non-hydrogen) atoms. The van der Waals surface area contributed by atoms with Gasteiger partial charge in [-0.1, -0.05) is 57.8 Å². The maximum absolute atomic E-state index is 12.8. The van der Waals surface area contributed by atoms with Crippen LogP contribution in [-0.2, 0) is 15.8 Å². The van der Waals surface area contributed by atoms with E-state index >= 15 is 0 Å². The monoisotopic (exact) mass is 634 g/mol. The Balaban J connectivity index is 1.12. The third kappa shape index (κ3) is 6.48. The Morgan fingerprint density at radius 1 is 1.15 bits per heavy atom. The van der Waals surface area contributed by atoms with Crippen LogP contribution in [0.5, 0.6) is 0 Å². The number of pyridine rings is 1. The summed E-state index contributed by atoms with van der Waals surface area (Å²) >= 11 is 21.2. The van der Waals surface area contributed by atoms with Crippen molar-refractivity contribution in [3.63, 3.8) is 0 Å². The lowest BCUT2D eigenvalue weighted by atomic mass is 9.97. The van der Waals surface area contributed by atoms with Gasteiger partial charge in [0.15, 0.2) is 6.10 Å². The van der Waals surface area contributed by atoms with Gasteiger partial charge in [-0.2, -0.15) is 13.2 Å². The second-order valence-electron chi connectivity index (χ2n) is 8.99. The normalized spacial score (nSPS) is 18.3. The van der Waals surface area contributed by atoms with Crippen molar-refractivity contribution in [3.8, 4) is 0 Å². The molecule has 14 heteroatoms. The average Bonchev–Trinajstić information content (AvgIpc) is 3.58. The maximum atomic E-state index is 12.8. The van der Waals surface area contributed by atoms with Crippen LogP contribution in [0.2, 0.25) is 15.1 Å². The molecule has 6 nitrogen and oxygen atoms in total. The molecule has 0 aliphatic carbocycles. The topological polar surface area (TPSA) is 67.7 Å². The number of rotatable bonds is 6. The van der Waals surface area contributed by atoms with Gasteiger partial charge in [0.1, 0.15) is 10.7 Å². The number of aromatic nitrogens is 2. The number of thiazole rings is 1. The summed E-state index contributed by atoms with van der Waals surface area (Å²) < 4.78 is 38.4. The largest absolute Gasteiger partial charge is 0.417 e. The Kier molecular flexibility index (Phi) is 8.63. The Labute approximate surface area is 245 Å². The van der Waals surface area contributed by atoms with Gasteiger partial charge in [0.25, 0.3) is 0 Å². The van der Waals surface area contributed by atoms with E-state index in [0.29, 0.717) is 35.1 Å². The molecule has 4 heterocycles. The summed E-state index contributed by atoms with van der Waals surface area (Å²) in [5, 5.41) is 8.30. The predicted molar refractivity (Wildman–Crippen MR) is 147 cm³/mol. The Hall–Kier alpha value is -2.05. The van der Waals surface area contributed by atoms with Crippen molar-refractivity contribution in [3.05, 3.63) is 72.7 Å². The molecule has 0 bridgehead atoms. The molecule has 3 aromatic rings. The highest BCUT2D eigenvalue weighted by Crippen LogP contribution is 2.39. The lowest BCUT2D eigenvalue weighted by Crippen LogP contribution is -2.38. The van der Waals surface area contributed by atoms with Crippen molar-refractivity contribution >= 4 is 69.5 Å². The fourth-order valence-electron chi connectivity index (χ4n) is 4.39. The summed E-state index contributed by atoms with van der Waals surface area (Å²) in [6.07, 6.45) is -2.15. The zero-order chi connectivity index (χ0) is 27.7. The summed E-state index contributed by atoms with van der Waals surface area (Å²) in [5.74, 6) is 0.140. The standard InChI is InChI=1S/C25H20Cl3F3N4O2S2/c26-15-2-1-3-16(27)22(15)20-9-18(34-37-20)19-11-38-23(33-19)13-4-6-35(7-5-13)21(36)12-39-24-17(28)8-14(10-32-24)25(29,30)31/h1-3,8,10-11,13,20H,4-7,9,12H2. The molecule has 5 rings (SSSR count). The second-order valence-corrected chi connectivity index (χ2v) is 12.1.